The molecule has 2 rings (SSSR count). The Bertz CT molecular complexity index is 286. The van der Waals surface area contributed by atoms with E-state index < -0.39 is 0 Å². The predicted molar refractivity (Wildman–Crippen MR) is 53.1 cm³/mol. The number of hydrogen-bond donors (Lipinski definition) is 0. The lowest BCUT2D eigenvalue weighted by Gasteiger charge is -2.04. The van der Waals surface area contributed by atoms with Crippen LogP contribution in [0.1, 0.15) is 6.92 Å². The van der Waals surface area contributed by atoms with E-state index in [1.807, 2.05) is 32.6 Å². The van der Waals surface area contributed by atoms with Crippen LogP contribution >= 0.6 is 11.3 Å². The molecule has 0 saturated heterocycles. The summed E-state index contributed by atoms with van der Waals surface area (Å²) in [4.78, 5) is 4.32. The summed E-state index contributed by atoms with van der Waals surface area (Å²) in [6.45, 7) is 1.97. The Balaban J connectivity index is 2.07. The topological polar surface area (TPSA) is 38.1 Å². The van der Waals surface area contributed by atoms with Gasteiger partial charge in [-0.3, -0.25) is 0 Å². The van der Waals surface area contributed by atoms with Crippen molar-refractivity contribution in [1.82, 2.24) is 10.2 Å². The summed E-state index contributed by atoms with van der Waals surface area (Å²) in [6.07, 6.45) is 8.04. The molecule has 5 radical (unpaired) electrons. The van der Waals surface area contributed by atoms with Crippen molar-refractivity contribution in [3.8, 4) is 0 Å². The van der Waals surface area contributed by atoms with Gasteiger partial charge in [-0.25, -0.2) is 4.99 Å². The molecule has 0 unspecified atom stereocenters. The van der Waals surface area contributed by atoms with E-state index in [-0.39, 0.29) is 0 Å². The van der Waals surface area contributed by atoms with Crippen molar-refractivity contribution < 1.29 is 0 Å². The molecule has 65 valence electrons. The second-order valence-electron chi connectivity index (χ2n) is 2.59. The van der Waals surface area contributed by atoms with Crippen LogP contribution in [-0.4, -0.2) is 15.9 Å². The second-order valence-corrected chi connectivity index (χ2v) is 3.40. The van der Waals surface area contributed by atoms with Crippen LogP contribution in [0, 0.1) is 31.6 Å². The highest BCUT2D eigenvalue weighted by Gasteiger charge is 2.19. The van der Waals surface area contributed by atoms with E-state index in [9.17, 15) is 0 Å². The van der Waals surface area contributed by atoms with Crippen molar-refractivity contribution in [3.63, 3.8) is 0 Å². The first-order valence-electron chi connectivity index (χ1n) is 3.90. The van der Waals surface area contributed by atoms with Crippen molar-refractivity contribution in [2.24, 2.45) is 4.99 Å². The standard InChI is InChI=1S/C9H8N3S/c1-7(8-4-2-3-5-8)11-9-12-10-6-13-9/h2-6H,1H3/b11-7+. The fraction of sp³-hybridized carbons (Fsp3) is 0.111. The van der Waals surface area contributed by atoms with Crippen molar-refractivity contribution >= 4 is 22.2 Å². The quantitative estimate of drug-likeness (QED) is 0.669. The number of aliphatic imine (C=N–C) groups is 1. The molecule has 1 heterocycles. The molecule has 0 amide bonds. The fourth-order valence-electron chi connectivity index (χ4n) is 1.04. The lowest BCUT2D eigenvalue weighted by atomic mass is 10.0. The van der Waals surface area contributed by atoms with E-state index in [4.69, 9.17) is 0 Å². The first kappa shape index (κ1) is 8.81. The Morgan fingerprint density at radius 3 is 2.77 bits per heavy atom. The van der Waals surface area contributed by atoms with Crippen LogP contribution in [-0.2, 0) is 0 Å². The predicted octanol–water partition coefficient (Wildman–Crippen LogP) is 2.04. The van der Waals surface area contributed by atoms with Gasteiger partial charge in [0.25, 0.3) is 0 Å². The zero-order valence-corrected chi connectivity index (χ0v) is 7.95. The molecule has 1 saturated carbocycles. The number of rotatable bonds is 2. The van der Waals surface area contributed by atoms with Crippen molar-refractivity contribution in [2.75, 3.05) is 0 Å². The van der Waals surface area contributed by atoms with Crippen molar-refractivity contribution in [1.29, 1.82) is 0 Å². The maximum Gasteiger partial charge on any atom is 0.231 e. The van der Waals surface area contributed by atoms with Crippen LogP contribution in [0.3, 0.4) is 0 Å². The summed E-state index contributed by atoms with van der Waals surface area (Å²) < 4.78 is 0. The molecule has 0 N–H and O–H groups in total. The lowest BCUT2D eigenvalue weighted by molar-refractivity contribution is 1.08. The average molecular weight is 190 g/mol. The molecule has 1 aliphatic carbocycles. The van der Waals surface area contributed by atoms with E-state index in [0.29, 0.717) is 5.13 Å². The number of aromatic nitrogens is 2. The van der Waals surface area contributed by atoms with Gasteiger partial charge >= 0.3 is 0 Å². The van der Waals surface area contributed by atoms with Gasteiger partial charge in [0.1, 0.15) is 5.51 Å². The minimum Gasteiger partial charge on any atom is -0.227 e. The largest absolute Gasteiger partial charge is 0.231 e. The zero-order valence-electron chi connectivity index (χ0n) is 7.14. The summed E-state index contributed by atoms with van der Waals surface area (Å²) >= 11 is 1.44. The van der Waals surface area contributed by atoms with Crippen LogP contribution in [0.15, 0.2) is 10.5 Å². The van der Waals surface area contributed by atoms with Gasteiger partial charge < -0.3 is 0 Å². The highest BCUT2D eigenvalue weighted by molar-refractivity contribution is 7.13. The van der Waals surface area contributed by atoms with Gasteiger partial charge in [-0.15, -0.1) is 10.2 Å². The molecule has 0 aliphatic heterocycles. The maximum atomic E-state index is 4.32. The third kappa shape index (κ3) is 2.12. The van der Waals surface area contributed by atoms with Crippen LogP contribution in [0.25, 0.3) is 0 Å². The molecule has 3 nitrogen and oxygen atoms in total. The van der Waals surface area contributed by atoms with Crippen LogP contribution < -0.4 is 0 Å². The van der Waals surface area contributed by atoms with Gasteiger partial charge in [-0.2, -0.15) is 0 Å². The summed E-state index contributed by atoms with van der Waals surface area (Å²) in [5, 5.41) is 8.27. The molecule has 0 aromatic carbocycles. The van der Waals surface area contributed by atoms with Gasteiger partial charge in [0.05, 0.1) is 0 Å². The maximum absolute atomic E-state index is 4.32. The zero-order chi connectivity index (χ0) is 9.10. The van der Waals surface area contributed by atoms with Gasteiger partial charge in [-0.1, -0.05) is 11.3 Å². The average Bonchev–Trinajstić information content (AvgIpc) is 2.74. The second kappa shape index (κ2) is 3.96. The molecular formula is C9H8N3S. The SMILES string of the molecule is C/C(=N\c1nncs1)[C]1[CH][CH][CH][CH]1. The summed E-state index contributed by atoms with van der Waals surface area (Å²) in [5.41, 5.74) is 2.65. The van der Waals surface area contributed by atoms with Crippen LogP contribution in [0.2, 0.25) is 0 Å². The van der Waals surface area contributed by atoms with Gasteiger partial charge in [-0.05, 0) is 32.6 Å². The van der Waals surface area contributed by atoms with Crippen LogP contribution in [0.4, 0.5) is 5.13 Å². The van der Waals surface area contributed by atoms with E-state index in [1.165, 1.54) is 11.3 Å². The third-order valence-electron chi connectivity index (χ3n) is 1.69. The fourth-order valence-corrected chi connectivity index (χ4v) is 1.51. The smallest absolute Gasteiger partial charge is 0.227 e. The molecule has 0 atom stereocenters. The first-order valence-corrected chi connectivity index (χ1v) is 4.78. The van der Waals surface area contributed by atoms with E-state index in [2.05, 4.69) is 15.2 Å². The molecule has 4 heteroatoms. The van der Waals surface area contributed by atoms with Gasteiger partial charge in [0.2, 0.25) is 5.13 Å². The van der Waals surface area contributed by atoms with Crippen molar-refractivity contribution in [2.45, 2.75) is 6.92 Å². The molecular weight excluding hydrogens is 182 g/mol. The minimum atomic E-state index is 0.707. The Morgan fingerprint density at radius 1 is 1.38 bits per heavy atom. The summed E-state index contributed by atoms with van der Waals surface area (Å²) in [6, 6.07) is 0. The van der Waals surface area contributed by atoms with E-state index in [0.717, 1.165) is 11.6 Å². The van der Waals surface area contributed by atoms with E-state index >= 15 is 0 Å². The number of nitrogens with zero attached hydrogens (tertiary/aromatic N) is 3. The summed E-state index contributed by atoms with van der Waals surface area (Å²) in [5.74, 6) is 1.13. The normalized spacial score (nSPS) is 19.6. The Labute approximate surface area is 81.9 Å². The lowest BCUT2D eigenvalue weighted by Crippen LogP contribution is -2.04. The molecule has 1 fully saturated rings. The molecule has 1 aliphatic rings. The molecule has 0 spiro atoms. The molecule has 1 aromatic heterocycles. The minimum absolute atomic E-state index is 0.707. The Morgan fingerprint density at radius 2 is 2.15 bits per heavy atom. The summed E-state index contributed by atoms with van der Waals surface area (Å²) in [7, 11) is 0. The highest BCUT2D eigenvalue weighted by Crippen LogP contribution is 2.26. The molecule has 0 bridgehead atoms. The van der Waals surface area contributed by atoms with Gasteiger partial charge in [0.15, 0.2) is 0 Å². The van der Waals surface area contributed by atoms with Crippen molar-refractivity contribution in [3.05, 3.63) is 37.1 Å². The first-order chi connectivity index (χ1) is 6.36. The molecule has 1 aromatic rings. The third-order valence-corrected chi connectivity index (χ3v) is 2.28. The van der Waals surface area contributed by atoms with E-state index in [1.54, 1.807) is 5.51 Å². The monoisotopic (exact) mass is 190 g/mol. The highest BCUT2D eigenvalue weighted by atomic mass is 32.1. The van der Waals surface area contributed by atoms with Crippen LogP contribution in [0.5, 0.6) is 0 Å². The Hall–Kier alpha value is -0.770. The number of hydrogen-bond acceptors (Lipinski definition) is 4. The Kier molecular flexibility index (Phi) is 2.68. The van der Waals surface area contributed by atoms with Gasteiger partial charge in [0, 0.05) is 11.6 Å². The molecule has 13 heavy (non-hydrogen) atoms.